The average Bonchev–Trinajstić information content (AvgIpc) is 2.69. The van der Waals surface area contributed by atoms with Gasteiger partial charge in [-0.15, -0.1) is 0 Å². The van der Waals surface area contributed by atoms with Gasteiger partial charge in [0.05, 0.1) is 11.4 Å². The molecule has 1 unspecified atom stereocenters. The van der Waals surface area contributed by atoms with E-state index >= 15 is 0 Å². The predicted molar refractivity (Wildman–Crippen MR) is 121 cm³/mol. The second kappa shape index (κ2) is 8.40. The third-order valence-electron chi connectivity index (χ3n) is 5.59. The lowest BCUT2D eigenvalue weighted by molar-refractivity contribution is -0.117. The third-order valence-corrected chi connectivity index (χ3v) is 5.59. The van der Waals surface area contributed by atoms with Crippen LogP contribution in [0.3, 0.4) is 0 Å². The van der Waals surface area contributed by atoms with Gasteiger partial charge in [0.1, 0.15) is 0 Å². The van der Waals surface area contributed by atoms with E-state index in [0.29, 0.717) is 12.4 Å². The lowest BCUT2D eigenvalue weighted by Crippen LogP contribution is -2.53. The first-order valence-electron chi connectivity index (χ1n) is 10.6. The fourth-order valence-electron chi connectivity index (χ4n) is 4.13. The lowest BCUT2D eigenvalue weighted by atomic mass is 9.99. The van der Waals surface area contributed by atoms with Crippen molar-refractivity contribution in [3.05, 3.63) is 58.7 Å². The summed E-state index contributed by atoms with van der Waals surface area (Å²) < 4.78 is 0. The van der Waals surface area contributed by atoms with Crippen molar-refractivity contribution in [2.45, 2.75) is 52.8 Å². The second-order valence-electron chi connectivity index (χ2n) is 8.02. The van der Waals surface area contributed by atoms with Crippen molar-refractivity contribution in [3.8, 4) is 0 Å². The number of nitrogens with one attached hydrogen (secondary N) is 1. The number of aryl methyl sites for hydroxylation is 4. The first-order valence-corrected chi connectivity index (χ1v) is 10.6. The number of hydrogen-bond donors (Lipinski definition) is 2. The van der Waals surface area contributed by atoms with Crippen molar-refractivity contribution in [3.63, 3.8) is 0 Å². The Morgan fingerprint density at radius 3 is 2.77 bits per heavy atom. The Bertz CT molecular complexity index is 1040. The van der Waals surface area contributed by atoms with Gasteiger partial charge in [0.25, 0.3) is 5.91 Å². The molecule has 2 heterocycles. The standard InChI is InChI=1S/C24H28N4O2/c1-4-7-18-14-19-20(13-16(18)3)28(11-6-10-17-9-5-8-15(2)12-17)22-21(25-19)23(29)27-24(30)26-22/h5,8-9,12-14,24,30H,4,6-7,10-11H2,1-3H3,(H,27,29). The zero-order valence-corrected chi connectivity index (χ0v) is 17.8. The number of hydrogen-bond acceptors (Lipinski definition) is 5. The lowest BCUT2D eigenvalue weighted by Gasteiger charge is -2.34. The molecule has 1 amide bonds. The van der Waals surface area contributed by atoms with E-state index in [-0.39, 0.29) is 11.6 Å². The molecule has 0 saturated carbocycles. The fourth-order valence-corrected chi connectivity index (χ4v) is 4.13. The number of aliphatic imine (C=N–C) groups is 2. The SMILES string of the molecule is CCCc1cc2c(cc1C)N(CCCc1cccc(C)c1)C1=NC(O)NC(=O)C1=N2. The zero-order valence-electron chi connectivity index (χ0n) is 17.8. The van der Waals surface area contributed by atoms with E-state index in [2.05, 4.69) is 72.5 Å². The summed E-state index contributed by atoms with van der Waals surface area (Å²) in [5.41, 5.74) is 7.01. The molecule has 156 valence electrons. The Balaban J connectivity index is 1.67. The van der Waals surface area contributed by atoms with Crippen LogP contribution in [-0.4, -0.2) is 35.5 Å². The maximum Gasteiger partial charge on any atom is 0.277 e. The number of benzene rings is 2. The molecule has 6 nitrogen and oxygen atoms in total. The van der Waals surface area contributed by atoms with Crippen LogP contribution in [0, 0.1) is 13.8 Å². The van der Waals surface area contributed by atoms with Crippen molar-refractivity contribution < 1.29 is 9.90 Å². The van der Waals surface area contributed by atoms with E-state index in [1.54, 1.807) is 0 Å². The van der Waals surface area contributed by atoms with Gasteiger partial charge in [0.15, 0.2) is 11.5 Å². The molecule has 1 atom stereocenters. The number of amides is 1. The zero-order chi connectivity index (χ0) is 21.3. The van der Waals surface area contributed by atoms with Crippen LogP contribution in [0.4, 0.5) is 11.4 Å². The van der Waals surface area contributed by atoms with Crippen LogP contribution in [0.2, 0.25) is 0 Å². The summed E-state index contributed by atoms with van der Waals surface area (Å²) in [6.45, 7) is 7.05. The molecule has 2 aliphatic heterocycles. The van der Waals surface area contributed by atoms with E-state index in [9.17, 15) is 9.90 Å². The molecule has 30 heavy (non-hydrogen) atoms. The van der Waals surface area contributed by atoms with Crippen molar-refractivity contribution in [1.82, 2.24) is 5.32 Å². The highest BCUT2D eigenvalue weighted by atomic mass is 16.3. The van der Waals surface area contributed by atoms with Crippen LogP contribution in [0.15, 0.2) is 46.4 Å². The Kier molecular flexibility index (Phi) is 5.68. The highest BCUT2D eigenvalue weighted by Gasteiger charge is 2.35. The number of aliphatic hydroxyl groups is 1. The van der Waals surface area contributed by atoms with Gasteiger partial charge in [-0.3, -0.25) is 4.79 Å². The van der Waals surface area contributed by atoms with Crippen LogP contribution >= 0.6 is 0 Å². The minimum Gasteiger partial charge on any atom is -0.355 e. The summed E-state index contributed by atoms with van der Waals surface area (Å²) in [5, 5.41) is 12.4. The normalized spacial score (nSPS) is 17.7. The van der Waals surface area contributed by atoms with Crippen molar-refractivity contribution >= 4 is 28.8 Å². The molecule has 0 bridgehead atoms. The molecule has 0 saturated heterocycles. The summed E-state index contributed by atoms with van der Waals surface area (Å²) in [6.07, 6.45) is 2.60. The van der Waals surface area contributed by atoms with Crippen LogP contribution in [0.5, 0.6) is 0 Å². The molecule has 2 N–H and O–H groups in total. The van der Waals surface area contributed by atoms with Crippen molar-refractivity contribution in [2.75, 3.05) is 11.4 Å². The van der Waals surface area contributed by atoms with E-state index in [1.807, 2.05) is 4.90 Å². The molecule has 2 aliphatic rings. The largest absolute Gasteiger partial charge is 0.355 e. The van der Waals surface area contributed by atoms with Crippen molar-refractivity contribution in [2.24, 2.45) is 9.98 Å². The van der Waals surface area contributed by atoms with E-state index in [1.165, 1.54) is 22.3 Å². The van der Waals surface area contributed by atoms with E-state index in [0.717, 1.165) is 37.1 Å². The monoisotopic (exact) mass is 404 g/mol. The Hall–Kier alpha value is -2.99. The number of anilines is 1. The first-order chi connectivity index (χ1) is 14.5. The topological polar surface area (TPSA) is 77.3 Å². The predicted octanol–water partition coefficient (Wildman–Crippen LogP) is 3.59. The second-order valence-corrected chi connectivity index (χ2v) is 8.02. The number of carbonyl (C=O) groups is 1. The molecule has 0 aromatic heterocycles. The molecule has 4 rings (SSSR count). The number of amidine groups is 1. The number of carbonyl (C=O) groups excluding carboxylic acids is 1. The molecule has 0 spiro atoms. The maximum absolute atomic E-state index is 12.5. The van der Waals surface area contributed by atoms with Crippen LogP contribution in [0.25, 0.3) is 0 Å². The number of fused-ring (bicyclic) bond motifs is 2. The summed E-state index contributed by atoms with van der Waals surface area (Å²) in [5.74, 6) is 0.0603. The molecule has 2 aromatic carbocycles. The van der Waals surface area contributed by atoms with Gasteiger partial charge in [-0.05, 0) is 61.9 Å². The van der Waals surface area contributed by atoms with Gasteiger partial charge in [0, 0.05) is 6.54 Å². The van der Waals surface area contributed by atoms with Gasteiger partial charge in [-0.25, -0.2) is 9.98 Å². The summed E-state index contributed by atoms with van der Waals surface area (Å²) in [7, 11) is 0. The molecule has 6 heteroatoms. The maximum atomic E-state index is 12.5. The smallest absolute Gasteiger partial charge is 0.277 e. The van der Waals surface area contributed by atoms with E-state index in [4.69, 9.17) is 0 Å². The molecule has 0 fully saturated rings. The minimum atomic E-state index is -1.24. The Labute approximate surface area is 177 Å². The number of aliphatic hydroxyl groups excluding tert-OH is 1. The molecule has 2 aromatic rings. The molecule has 0 radical (unpaired) electrons. The molecule has 0 aliphatic carbocycles. The molecular formula is C24H28N4O2. The van der Waals surface area contributed by atoms with Crippen LogP contribution < -0.4 is 10.2 Å². The number of rotatable bonds is 6. The van der Waals surface area contributed by atoms with Crippen LogP contribution in [-0.2, 0) is 17.6 Å². The van der Waals surface area contributed by atoms with E-state index < -0.39 is 6.35 Å². The highest BCUT2D eigenvalue weighted by molar-refractivity contribution is 6.70. The van der Waals surface area contributed by atoms with Gasteiger partial charge in [0.2, 0.25) is 6.35 Å². The van der Waals surface area contributed by atoms with Gasteiger partial charge < -0.3 is 15.3 Å². The van der Waals surface area contributed by atoms with Crippen molar-refractivity contribution in [1.29, 1.82) is 0 Å². The summed E-state index contributed by atoms with van der Waals surface area (Å²) >= 11 is 0. The Morgan fingerprint density at radius 2 is 2.00 bits per heavy atom. The van der Waals surface area contributed by atoms with Gasteiger partial charge in [-0.1, -0.05) is 43.2 Å². The van der Waals surface area contributed by atoms with Crippen LogP contribution in [0.1, 0.15) is 42.0 Å². The molecular weight excluding hydrogens is 376 g/mol. The highest BCUT2D eigenvalue weighted by Crippen LogP contribution is 2.37. The quantitative estimate of drug-likeness (QED) is 0.772. The summed E-state index contributed by atoms with van der Waals surface area (Å²) in [4.78, 5) is 23.4. The fraction of sp³-hybridized carbons (Fsp3) is 0.375. The van der Waals surface area contributed by atoms with Gasteiger partial charge in [-0.2, -0.15) is 0 Å². The van der Waals surface area contributed by atoms with Gasteiger partial charge >= 0.3 is 0 Å². The summed E-state index contributed by atoms with van der Waals surface area (Å²) in [6, 6.07) is 12.7. The minimum absolute atomic E-state index is 0.273. The Morgan fingerprint density at radius 1 is 1.17 bits per heavy atom. The third kappa shape index (κ3) is 4.00. The number of nitrogens with zero attached hydrogens (tertiary/aromatic N) is 3. The first kappa shape index (κ1) is 20.3. The average molecular weight is 405 g/mol.